The van der Waals surface area contributed by atoms with E-state index in [-0.39, 0.29) is 17.9 Å². The first kappa shape index (κ1) is 15.7. The molecule has 0 radical (unpaired) electrons. The molecule has 7 nitrogen and oxygen atoms in total. The van der Waals surface area contributed by atoms with Gasteiger partial charge in [-0.1, -0.05) is 11.2 Å². The summed E-state index contributed by atoms with van der Waals surface area (Å²) in [6.45, 7) is 1.62. The first-order chi connectivity index (χ1) is 8.32. The molecule has 0 spiro atoms. The van der Waals surface area contributed by atoms with Gasteiger partial charge in [-0.25, -0.2) is 0 Å². The number of nitrogens with two attached hydrogens (primary N) is 1. The maximum atomic E-state index is 11.7. The summed E-state index contributed by atoms with van der Waals surface area (Å²) in [6.07, 6.45) is -3.12. The number of carboxylic acid groups (broad SMARTS) is 1. The van der Waals surface area contributed by atoms with E-state index < -0.39 is 47.6 Å². The first-order valence-electron chi connectivity index (χ1n) is 5.68. The van der Waals surface area contributed by atoms with Gasteiger partial charge in [0, 0.05) is 6.42 Å². The normalized spacial score (nSPS) is 35.4. The Bertz CT molecular complexity index is 292. The van der Waals surface area contributed by atoms with E-state index in [1.165, 1.54) is 0 Å². The Hall–Kier alpha value is -0.380. The number of aliphatic carboxylic acids is 1. The van der Waals surface area contributed by atoms with Crippen molar-refractivity contribution < 1.29 is 29.4 Å². The molecule has 8 heteroatoms. The summed E-state index contributed by atoms with van der Waals surface area (Å²) in [5.74, 6) is -0.937. The van der Waals surface area contributed by atoms with Gasteiger partial charge in [0.15, 0.2) is 0 Å². The molecule has 1 saturated heterocycles. The lowest BCUT2D eigenvalue weighted by atomic mass is 10.1. The molecule has 0 aromatic rings. The zero-order valence-electron chi connectivity index (χ0n) is 10.1. The topological polar surface area (TPSA) is 136 Å². The van der Waals surface area contributed by atoms with Crippen LogP contribution in [0.3, 0.4) is 0 Å². The molecule has 0 aliphatic carbocycles. The van der Waals surface area contributed by atoms with Crippen LogP contribution in [0.15, 0.2) is 0 Å². The average molecular weight is 281 g/mol. The zero-order chi connectivity index (χ0) is 13.9. The van der Waals surface area contributed by atoms with E-state index in [1.54, 1.807) is 6.92 Å². The Morgan fingerprint density at radius 2 is 2.11 bits per heavy atom. The van der Waals surface area contributed by atoms with Crippen LogP contribution in [0, 0.1) is 0 Å². The lowest BCUT2D eigenvalue weighted by molar-refractivity contribution is -0.138. The number of carbonyl (C=O) groups is 1. The van der Waals surface area contributed by atoms with Crippen molar-refractivity contribution in [3.63, 3.8) is 0 Å². The van der Waals surface area contributed by atoms with Gasteiger partial charge < -0.3 is 30.3 Å². The Morgan fingerprint density at radius 1 is 1.50 bits per heavy atom. The molecule has 0 bridgehead atoms. The molecule has 0 aromatic carbocycles. The van der Waals surface area contributed by atoms with Gasteiger partial charge in [-0.2, -0.15) is 0 Å². The molecule has 1 rings (SSSR count). The lowest BCUT2D eigenvalue weighted by Crippen LogP contribution is -2.37. The molecule has 18 heavy (non-hydrogen) atoms. The van der Waals surface area contributed by atoms with Crippen LogP contribution in [0.5, 0.6) is 0 Å². The second kappa shape index (κ2) is 6.69. The molecule has 106 valence electrons. The fraction of sp³-hybridized carbons (Fsp3) is 0.900. The number of ether oxygens (including phenoxy) is 1. The van der Waals surface area contributed by atoms with E-state index in [0.29, 0.717) is 0 Å². The number of carboxylic acids is 1. The maximum Gasteiger partial charge on any atom is 0.320 e. The Kier molecular flexibility index (Phi) is 5.83. The van der Waals surface area contributed by atoms with Gasteiger partial charge in [0.1, 0.15) is 35.9 Å². The van der Waals surface area contributed by atoms with Crippen LogP contribution in [0.4, 0.5) is 0 Å². The molecule has 5 N–H and O–H groups in total. The molecule has 0 aromatic heterocycles. The van der Waals surface area contributed by atoms with Gasteiger partial charge >= 0.3 is 5.97 Å². The highest BCUT2D eigenvalue weighted by atomic mass is 32.2. The van der Waals surface area contributed by atoms with E-state index in [0.717, 1.165) is 0 Å². The third-order valence-electron chi connectivity index (χ3n) is 2.93. The van der Waals surface area contributed by atoms with Crippen LogP contribution in [0.2, 0.25) is 0 Å². The first-order valence-corrected chi connectivity index (χ1v) is 7.16. The van der Waals surface area contributed by atoms with Crippen molar-refractivity contribution in [3.8, 4) is 0 Å². The standard InChI is InChI=1S/C10H19NO6S/c1-5-8(12)9(13)7(17-5)4-18(16)3-2-6(11)10(14)15/h5-9,12-13H,2-4,11H2,1H3,(H,14,15)/t5?,6-,7?,8+,9-,18?/m1/s1. The van der Waals surface area contributed by atoms with E-state index in [2.05, 4.69) is 0 Å². The molecular weight excluding hydrogens is 262 g/mol. The second-order valence-electron chi connectivity index (χ2n) is 4.40. The fourth-order valence-electron chi connectivity index (χ4n) is 1.72. The Labute approximate surface area is 108 Å². The van der Waals surface area contributed by atoms with Crippen LogP contribution in [0.1, 0.15) is 13.3 Å². The summed E-state index contributed by atoms with van der Waals surface area (Å²) in [4.78, 5) is 10.5. The highest BCUT2D eigenvalue weighted by Gasteiger charge is 2.42. The summed E-state index contributed by atoms with van der Waals surface area (Å²) in [5, 5.41) is 27.7. The summed E-state index contributed by atoms with van der Waals surface area (Å²) in [7, 11) is 0. The van der Waals surface area contributed by atoms with Crippen LogP contribution < -0.4 is 5.73 Å². The summed E-state index contributed by atoms with van der Waals surface area (Å²) in [5.41, 5.74) is 5.29. The number of aliphatic hydroxyl groups excluding tert-OH is 2. The van der Waals surface area contributed by atoms with Crippen LogP contribution in [-0.4, -0.2) is 67.8 Å². The number of aliphatic hydroxyl groups is 2. The molecule has 3 unspecified atom stereocenters. The average Bonchev–Trinajstić information content (AvgIpc) is 2.54. The molecular formula is C10H19NO6S. The molecule has 0 saturated carbocycles. The lowest BCUT2D eigenvalue weighted by Gasteiger charge is -2.18. The molecule has 0 amide bonds. The number of hydrogen-bond donors (Lipinski definition) is 4. The van der Waals surface area contributed by atoms with Crippen molar-refractivity contribution in [2.45, 2.75) is 43.8 Å². The van der Waals surface area contributed by atoms with Gasteiger partial charge in [-0.05, 0) is 6.92 Å². The monoisotopic (exact) mass is 281 g/mol. The molecule has 1 heterocycles. The van der Waals surface area contributed by atoms with Gasteiger partial charge in [-0.3, -0.25) is 4.79 Å². The SMILES string of the molecule is CC1OC(C[S+]([O-])CC[C@@H](N)C(=O)O)[C@@H](O)[C@H]1O. The Balaban J connectivity index is 2.32. The zero-order valence-corrected chi connectivity index (χ0v) is 10.9. The van der Waals surface area contributed by atoms with E-state index in [1.807, 2.05) is 0 Å². The minimum atomic E-state index is -1.34. The summed E-state index contributed by atoms with van der Waals surface area (Å²) < 4.78 is 16.9. The number of rotatable bonds is 6. The summed E-state index contributed by atoms with van der Waals surface area (Å²) in [6, 6.07) is -1.03. The predicted octanol–water partition coefficient (Wildman–Crippen LogP) is -1.95. The number of hydrogen-bond acceptors (Lipinski definition) is 6. The van der Waals surface area contributed by atoms with Crippen LogP contribution >= 0.6 is 0 Å². The van der Waals surface area contributed by atoms with Gasteiger partial charge in [0.25, 0.3) is 0 Å². The molecule has 1 aliphatic rings. The minimum Gasteiger partial charge on any atom is -0.616 e. The highest BCUT2D eigenvalue weighted by molar-refractivity contribution is 7.91. The molecule has 1 aliphatic heterocycles. The third-order valence-corrected chi connectivity index (χ3v) is 4.32. The van der Waals surface area contributed by atoms with Crippen molar-refractivity contribution in [3.05, 3.63) is 0 Å². The van der Waals surface area contributed by atoms with Crippen molar-refractivity contribution in [2.24, 2.45) is 5.73 Å². The molecule has 6 atom stereocenters. The van der Waals surface area contributed by atoms with Crippen LogP contribution in [-0.2, 0) is 20.7 Å². The van der Waals surface area contributed by atoms with Gasteiger partial charge in [0.2, 0.25) is 0 Å². The van der Waals surface area contributed by atoms with Crippen molar-refractivity contribution >= 4 is 17.1 Å². The maximum absolute atomic E-state index is 11.7. The smallest absolute Gasteiger partial charge is 0.320 e. The van der Waals surface area contributed by atoms with Crippen molar-refractivity contribution in [1.29, 1.82) is 0 Å². The van der Waals surface area contributed by atoms with Crippen molar-refractivity contribution in [1.82, 2.24) is 0 Å². The largest absolute Gasteiger partial charge is 0.616 e. The Morgan fingerprint density at radius 3 is 2.56 bits per heavy atom. The second-order valence-corrected chi connectivity index (χ2v) is 6.03. The third kappa shape index (κ3) is 4.08. The molecule has 1 fully saturated rings. The summed E-state index contributed by atoms with van der Waals surface area (Å²) >= 11 is -1.34. The van der Waals surface area contributed by atoms with Crippen molar-refractivity contribution in [2.75, 3.05) is 11.5 Å². The minimum absolute atomic E-state index is 0.0644. The van der Waals surface area contributed by atoms with Gasteiger partial charge in [-0.15, -0.1) is 0 Å². The van der Waals surface area contributed by atoms with Gasteiger partial charge in [0.05, 0.1) is 6.10 Å². The fourth-order valence-corrected chi connectivity index (χ4v) is 3.05. The van der Waals surface area contributed by atoms with Crippen LogP contribution in [0.25, 0.3) is 0 Å². The highest BCUT2D eigenvalue weighted by Crippen LogP contribution is 2.22. The predicted molar refractivity (Wildman–Crippen MR) is 64.5 cm³/mol. The van der Waals surface area contributed by atoms with E-state index in [9.17, 15) is 19.6 Å². The van der Waals surface area contributed by atoms with E-state index in [4.69, 9.17) is 15.6 Å². The quantitative estimate of drug-likeness (QED) is 0.415. The van der Waals surface area contributed by atoms with E-state index >= 15 is 0 Å².